The molecule has 4 heteroatoms. The van der Waals surface area contributed by atoms with E-state index in [4.69, 9.17) is 10.00 Å². The highest BCUT2D eigenvalue weighted by Crippen LogP contribution is 2.34. The Kier molecular flexibility index (Phi) is 4.10. The van der Waals surface area contributed by atoms with Gasteiger partial charge in [-0.05, 0) is 38.0 Å². The molecule has 4 nitrogen and oxygen atoms in total. The second kappa shape index (κ2) is 5.64. The third-order valence-electron chi connectivity index (χ3n) is 4.22. The molecule has 1 aliphatic heterocycles. The number of nitriles is 1. The van der Waals surface area contributed by atoms with E-state index in [1.807, 2.05) is 19.9 Å². The Morgan fingerprint density at radius 2 is 2.00 bits per heavy atom. The highest BCUT2D eigenvalue weighted by molar-refractivity contribution is 5.95. The first-order valence-corrected chi connectivity index (χ1v) is 6.89. The normalized spacial score (nSPS) is 28.9. The number of rotatable bonds is 2. The lowest BCUT2D eigenvalue weighted by Crippen LogP contribution is -2.38. The largest absolute Gasteiger partial charge is 0.374 e. The summed E-state index contributed by atoms with van der Waals surface area (Å²) in [5.41, 5.74) is 1.30. The van der Waals surface area contributed by atoms with Crippen LogP contribution in [0.1, 0.15) is 26.3 Å². The average Bonchev–Trinajstić information content (AvgIpc) is 2.70. The summed E-state index contributed by atoms with van der Waals surface area (Å²) in [6.07, 6.45) is 0.0203. The molecule has 0 bridgehead atoms. The Hall–Kier alpha value is -1.86. The lowest BCUT2D eigenvalue weighted by molar-refractivity contribution is -0.124. The third-order valence-corrected chi connectivity index (χ3v) is 4.22. The topological polar surface area (TPSA) is 53.3 Å². The van der Waals surface area contributed by atoms with E-state index >= 15 is 0 Å². The zero-order valence-electron chi connectivity index (χ0n) is 12.3. The summed E-state index contributed by atoms with van der Waals surface area (Å²) in [6.45, 7) is 6.00. The van der Waals surface area contributed by atoms with Crippen LogP contribution in [0.15, 0.2) is 24.3 Å². The summed E-state index contributed by atoms with van der Waals surface area (Å²) in [4.78, 5) is 14.3. The molecule has 1 aromatic carbocycles. The maximum absolute atomic E-state index is 12.7. The summed E-state index contributed by atoms with van der Waals surface area (Å²) in [7, 11) is 1.75. The number of amides is 1. The third kappa shape index (κ3) is 2.54. The van der Waals surface area contributed by atoms with Crippen LogP contribution in [0, 0.1) is 23.2 Å². The number of hydrogen-bond acceptors (Lipinski definition) is 3. The fourth-order valence-corrected chi connectivity index (χ4v) is 2.83. The molecule has 0 N–H and O–H groups in total. The summed E-state index contributed by atoms with van der Waals surface area (Å²) in [6, 6.07) is 9.18. The SMILES string of the molecule is CC1OC(C)C(C(=O)N(C)c2cccc(C#N)c2)C1C. The van der Waals surface area contributed by atoms with Gasteiger partial charge < -0.3 is 9.64 Å². The molecule has 20 heavy (non-hydrogen) atoms. The van der Waals surface area contributed by atoms with Crippen LogP contribution in [-0.2, 0) is 9.53 Å². The van der Waals surface area contributed by atoms with Crippen molar-refractivity contribution in [3.05, 3.63) is 29.8 Å². The number of ether oxygens (including phenoxy) is 1. The zero-order valence-corrected chi connectivity index (χ0v) is 12.3. The first-order valence-electron chi connectivity index (χ1n) is 6.89. The average molecular weight is 272 g/mol. The highest BCUT2D eigenvalue weighted by atomic mass is 16.5. The van der Waals surface area contributed by atoms with Crippen molar-refractivity contribution in [2.24, 2.45) is 11.8 Å². The van der Waals surface area contributed by atoms with E-state index in [0.717, 1.165) is 5.69 Å². The minimum absolute atomic E-state index is 0.0458. The van der Waals surface area contributed by atoms with Crippen LogP contribution in [0.5, 0.6) is 0 Å². The van der Waals surface area contributed by atoms with Crippen LogP contribution in [0.3, 0.4) is 0 Å². The van der Waals surface area contributed by atoms with Crippen molar-refractivity contribution in [2.75, 3.05) is 11.9 Å². The van der Waals surface area contributed by atoms with Gasteiger partial charge in [-0.15, -0.1) is 0 Å². The molecule has 0 radical (unpaired) electrons. The molecule has 4 atom stereocenters. The van der Waals surface area contributed by atoms with E-state index < -0.39 is 0 Å². The number of anilines is 1. The Morgan fingerprint density at radius 1 is 1.30 bits per heavy atom. The Balaban J connectivity index is 2.22. The zero-order chi connectivity index (χ0) is 14.9. The number of carbonyl (C=O) groups is 1. The monoisotopic (exact) mass is 272 g/mol. The maximum atomic E-state index is 12.7. The Bertz CT molecular complexity index is 550. The van der Waals surface area contributed by atoms with Crippen LogP contribution in [0.4, 0.5) is 5.69 Å². The molecule has 1 aromatic rings. The Labute approximate surface area is 120 Å². The lowest BCUT2D eigenvalue weighted by Gasteiger charge is -2.25. The predicted octanol–water partition coefficient (Wildman–Crippen LogP) is 2.58. The minimum atomic E-state index is -0.138. The van der Waals surface area contributed by atoms with Gasteiger partial charge in [0.25, 0.3) is 0 Å². The van der Waals surface area contributed by atoms with E-state index in [-0.39, 0.29) is 30.0 Å². The summed E-state index contributed by atoms with van der Waals surface area (Å²) < 4.78 is 5.74. The van der Waals surface area contributed by atoms with Crippen LogP contribution >= 0.6 is 0 Å². The molecule has 1 amide bonds. The quantitative estimate of drug-likeness (QED) is 0.831. The standard InChI is InChI=1S/C16H20N2O2/c1-10-11(2)20-12(3)15(10)16(19)18(4)14-7-5-6-13(8-14)9-17/h5-8,10-12,15H,1-4H3. The number of benzene rings is 1. The molecule has 2 rings (SSSR count). The van der Waals surface area contributed by atoms with Gasteiger partial charge in [-0.2, -0.15) is 5.26 Å². The van der Waals surface area contributed by atoms with Crippen LogP contribution < -0.4 is 4.90 Å². The molecule has 106 valence electrons. The van der Waals surface area contributed by atoms with Crippen LogP contribution in [-0.4, -0.2) is 25.2 Å². The number of nitrogens with zero attached hydrogens (tertiary/aromatic N) is 2. The molecular weight excluding hydrogens is 252 g/mol. The van der Waals surface area contributed by atoms with Gasteiger partial charge in [-0.1, -0.05) is 13.0 Å². The summed E-state index contributed by atoms with van der Waals surface area (Å²) in [5, 5.41) is 8.94. The van der Waals surface area contributed by atoms with Crippen LogP contribution in [0.2, 0.25) is 0 Å². The highest BCUT2D eigenvalue weighted by Gasteiger charge is 2.42. The molecule has 1 aliphatic rings. The second-order valence-electron chi connectivity index (χ2n) is 5.49. The van der Waals surface area contributed by atoms with E-state index in [0.29, 0.717) is 5.56 Å². The van der Waals surface area contributed by atoms with Gasteiger partial charge in [-0.3, -0.25) is 4.79 Å². The van der Waals surface area contributed by atoms with Gasteiger partial charge in [0.1, 0.15) is 0 Å². The van der Waals surface area contributed by atoms with Gasteiger partial charge in [0.2, 0.25) is 5.91 Å². The fourth-order valence-electron chi connectivity index (χ4n) is 2.83. The number of carbonyl (C=O) groups excluding carboxylic acids is 1. The minimum Gasteiger partial charge on any atom is -0.374 e. The molecule has 1 saturated heterocycles. The van der Waals surface area contributed by atoms with Crippen molar-refractivity contribution < 1.29 is 9.53 Å². The van der Waals surface area contributed by atoms with Crippen molar-refractivity contribution in [1.82, 2.24) is 0 Å². The molecule has 0 aromatic heterocycles. The first-order chi connectivity index (χ1) is 9.45. The van der Waals surface area contributed by atoms with E-state index in [9.17, 15) is 4.79 Å². The molecular formula is C16H20N2O2. The molecule has 1 heterocycles. The van der Waals surface area contributed by atoms with Crippen molar-refractivity contribution in [2.45, 2.75) is 33.0 Å². The van der Waals surface area contributed by atoms with E-state index in [1.54, 1.807) is 30.1 Å². The molecule has 0 aliphatic carbocycles. The number of hydrogen-bond donors (Lipinski definition) is 0. The maximum Gasteiger partial charge on any atom is 0.232 e. The second-order valence-corrected chi connectivity index (χ2v) is 5.49. The van der Waals surface area contributed by atoms with Crippen molar-refractivity contribution >= 4 is 11.6 Å². The van der Waals surface area contributed by atoms with Crippen molar-refractivity contribution in [3.8, 4) is 6.07 Å². The first kappa shape index (κ1) is 14.5. The molecule has 0 saturated carbocycles. The molecule has 0 spiro atoms. The predicted molar refractivity (Wildman–Crippen MR) is 77.2 cm³/mol. The Morgan fingerprint density at radius 3 is 2.55 bits per heavy atom. The smallest absolute Gasteiger partial charge is 0.232 e. The van der Waals surface area contributed by atoms with Gasteiger partial charge in [0, 0.05) is 12.7 Å². The van der Waals surface area contributed by atoms with Gasteiger partial charge in [0.05, 0.1) is 29.8 Å². The van der Waals surface area contributed by atoms with Gasteiger partial charge in [0.15, 0.2) is 0 Å². The summed E-state index contributed by atoms with van der Waals surface area (Å²) in [5.74, 6) is 0.101. The lowest BCUT2D eigenvalue weighted by atomic mass is 9.88. The van der Waals surface area contributed by atoms with Gasteiger partial charge in [-0.25, -0.2) is 0 Å². The molecule has 4 unspecified atom stereocenters. The van der Waals surface area contributed by atoms with Crippen LogP contribution in [0.25, 0.3) is 0 Å². The molecule has 1 fully saturated rings. The summed E-state index contributed by atoms with van der Waals surface area (Å²) >= 11 is 0. The van der Waals surface area contributed by atoms with E-state index in [2.05, 4.69) is 13.0 Å². The van der Waals surface area contributed by atoms with E-state index in [1.165, 1.54) is 0 Å². The fraction of sp³-hybridized carbons (Fsp3) is 0.500. The van der Waals surface area contributed by atoms with Crippen molar-refractivity contribution in [1.29, 1.82) is 5.26 Å². The van der Waals surface area contributed by atoms with Crippen molar-refractivity contribution in [3.63, 3.8) is 0 Å². The van der Waals surface area contributed by atoms with Gasteiger partial charge >= 0.3 is 0 Å².